The van der Waals surface area contributed by atoms with Crippen molar-refractivity contribution >= 4 is 34.5 Å². The Bertz CT molecular complexity index is 1100. The van der Waals surface area contributed by atoms with E-state index in [0.29, 0.717) is 12.8 Å². The van der Waals surface area contributed by atoms with Crippen LogP contribution in [0.4, 0.5) is 11.4 Å². The summed E-state index contributed by atoms with van der Waals surface area (Å²) in [5.41, 5.74) is 5.58. The first-order valence-corrected chi connectivity index (χ1v) is 11.8. The first-order chi connectivity index (χ1) is 15.1. The van der Waals surface area contributed by atoms with Gasteiger partial charge in [-0.25, -0.2) is 0 Å². The normalized spacial score (nSPS) is 20.5. The van der Waals surface area contributed by atoms with Gasteiger partial charge in [0, 0.05) is 22.7 Å². The van der Waals surface area contributed by atoms with Crippen LogP contribution < -0.4 is 10.2 Å². The van der Waals surface area contributed by atoms with Gasteiger partial charge in [0.05, 0.1) is 12.0 Å². The molecule has 0 unspecified atom stereocenters. The number of rotatable bonds is 4. The third kappa shape index (κ3) is 3.90. The molecule has 1 N–H and O–H groups in total. The summed E-state index contributed by atoms with van der Waals surface area (Å²) in [5, 5.41) is 5.17. The Morgan fingerprint density at radius 1 is 1.03 bits per heavy atom. The number of benzene rings is 2. The number of thiophene rings is 1. The van der Waals surface area contributed by atoms with Crippen LogP contribution in [-0.4, -0.2) is 11.8 Å². The number of anilines is 2. The number of hydrogen-bond donors (Lipinski definition) is 1. The smallest absolute Gasteiger partial charge is 0.229 e. The summed E-state index contributed by atoms with van der Waals surface area (Å²) in [7, 11) is 0. The van der Waals surface area contributed by atoms with Crippen LogP contribution in [0.5, 0.6) is 0 Å². The molecular formula is C26H26N2O2S. The number of carbonyl (C=O) groups excluding carboxylic acids is 2. The van der Waals surface area contributed by atoms with Gasteiger partial charge in [-0.3, -0.25) is 9.59 Å². The number of hydrogen-bond acceptors (Lipinski definition) is 3. The molecule has 1 aliphatic heterocycles. The summed E-state index contributed by atoms with van der Waals surface area (Å²) in [4.78, 5) is 29.4. The fraction of sp³-hybridized carbons (Fsp3) is 0.308. The number of amides is 2. The van der Waals surface area contributed by atoms with Gasteiger partial charge in [0.1, 0.15) is 0 Å². The largest absolute Gasteiger partial charge is 0.326 e. The van der Waals surface area contributed by atoms with Crippen LogP contribution in [0.3, 0.4) is 0 Å². The molecule has 0 radical (unpaired) electrons. The quantitative estimate of drug-likeness (QED) is 0.580. The lowest BCUT2D eigenvalue weighted by Gasteiger charge is -2.40. The van der Waals surface area contributed by atoms with Gasteiger partial charge >= 0.3 is 0 Å². The van der Waals surface area contributed by atoms with E-state index in [9.17, 15) is 9.59 Å². The predicted octanol–water partition coefficient (Wildman–Crippen LogP) is 5.67. The fourth-order valence-corrected chi connectivity index (χ4v) is 5.73. The summed E-state index contributed by atoms with van der Waals surface area (Å²) >= 11 is 1.60. The van der Waals surface area contributed by atoms with Crippen molar-refractivity contribution in [2.45, 2.75) is 45.1 Å². The second-order valence-electron chi connectivity index (χ2n) is 8.53. The van der Waals surface area contributed by atoms with Crippen molar-refractivity contribution in [1.29, 1.82) is 0 Å². The average Bonchev–Trinajstić information content (AvgIpc) is 3.46. The second kappa shape index (κ2) is 8.31. The molecule has 2 aromatic carbocycles. The lowest BCUT2D eigenvalue weighted by atomic mass is 9.86. The zero-order chi connectivity index (χ0) is 21.4. The lowest BCUT2D eigenvalue weighted by Crippen LogP contribution is -2.46. The van der Waals surface area contributed by atoms with Crippen molar-refractivity contribution < 1.29 is 9.59 Å². The van der Waals surface area contributed by atoms with Crippen LogP contribution in [0.15, 0.2) is 60.0 Å². The highest BCUT2D eigenvalue weighted by atomic mass is 32.1. The van der Waals surface area contributed by atoms with Gasteiger partial charge in [-0.15, -0.1) is 11.3 Å². The molecule has 2 aliphatic rings. The number of nitrogens with zero attached hydrogens (tertiary/aromatic N) is 1. The van der Waals surface area contributed by atoms with Crippen molar-refractivity contribution in [1.82, 2.24) is 0 Å². The van der Waals surface area contributed by atoms with Gasteiger partial charge in [0.25, 0.3) is 0 Å². The summed E-state index contributed by atoms with van der Waals surface area (Å²) in [5.74, 6) is -0.240. The number of fused-ring (bicyclic) bond motifs is 1. The molecule has 4 nitrogen and oxygen atoms in total. The number of piperidine rings is 1. The third-order valence-electron chi connectivity index (χ3n) is 6.45. The van der Waals surface area contributed by atoms with Crippen LogP contribution in [0, 0.1) is 12.8 Å². The summed E-state index contributed by atoms with van der Waals surface area (Å²) < 4.78 is 0. The van der Waals surface area contributed by atoms with Crippen LogP contribution in [0.25, 0.3) is 0 Å². The van der Waals surface area contributed by atoms with Crippen molar-refractivity contribution in [3.8, 4) is 0 Å². The van der Waals surface area contributed by atoms with Crippen molar-refractivity contribution in [3.05, 3.63) is 81.5 Å². The fourth-order valence-electron chi connectivity index (χ4n) is 4.85. The molecule has 1 aliphatic carbocycles. The summed E-state index contributed by atoms with van der Waals surface area (Å²) in [6, 6.07) is 18.0. The molecule has 2 atom stereocenters. The van der Waals surface area contributed by atoms with Crippen molar-refractivity contribution in [2.75, 3.05) is 10.2 Å². The molecule has 31 heavy (non-hydrogen) atoms. The topological polar surface area (TPSA) is 49.4 Å². The SMILES string of the molecule is Cc1ccc(N2C(=O)CC[C@H](C(=O)Nc3ccc4c(c3)CCC4)[C@H]2c2cccs2)cc1. The van der Waals surface area contributed by atoms with Gasteiger partial charge in [0.2, 0.25) is 11.8 Å². The minimum atomic E-state index is -0.300. The van der Waals surface area contributed by atoms with E-state index in [1.807, 2.05) is 59.7 Å². The van der Waals surface area contributed by atoms with Gasteiger partial charge in [-0.2, -0.15) is 0 Å². The Hall–Kier alpha value is -2.92. The Morgan fingerprint density at radius 3 is 2.61 bits per heavy atom. The highest BCUT2D eigenvalue weighted by Gasteiger charge is 2.42. The highest BCUT2D eigenvalue weighted by molar-refractivity contribution is 7.10. The maximum Gasteiger partial charge on any atom is 0.229 e. The van der Waals surface area contributed by atoms with E-state index in [1.165, 1.54) is 17.5 Å². The Kier molecular flexibility index (Phi) is 5.36. The van der Waals surface area contributed by atoms with Crippen LogP contribution in [0.2, 0.25) is 0 Å². The van der Waals surface area contributed by atoms with E-state index in [2.05, 4.69) is 17.4 Å². The van der Waals surface area contributed by atoms with Gasteiger partial charge < -0.3 is 10.2 Å². The number of carbonyl (C=O) groups is 2. The van der Waals surface area contributed by atoms with E-state index in [0.717, 1.165) is 34.7 Å². The van der Waals surface area contributed by atoms with Crippen LogP contribution in [-0.2, 0) is 22.4 Å². The number of aryl methyl sites for hydroxylation is 3. The first-order valence-electron chi connectivity index (χ1n) is 10.9. The Balaban J connectivity index is 1.47. The molecular weight excluding hydrogens is 404 g/mol. The molecule has 5 heteroatoms. The zero-order valence-electron chi connectivity index (χ0n) is 17.6. The monoisotopic (exact) mass is 430 g/mol. The van der Waals surface area contributed by atoms with Crippen LogP contribution >= 0.6 is 11.3 Å². The predicted molar refractivity (Wildman–Crippen MR) is 126 cm³/mol. The molecule has 5 rings (SSSR count). The van der Waals surface area contributed by atoms with E-state index in [1.54, 1.807) is 11.3 Å². The molecule has 158 valence electrons. The van der Waals surface area contributed by atoms with Gasteiger partial charge in [-0.05, 0) is 79.4 Å². The van der Waals surface area contributed by atoms with E-state index >= 15 is 0 Å². The van der Waals surface area contributed by atoms with Crippen LogP contribution in [0.1, 0.15) is 46.9 Å². The maximum atomic E-state index is 13.5. The van der Waals surface area contributed by atoms with Crippen molar-refractivity contribution in [3.63, 3.8) is 0 Å². The summed E-state index contributed by atoms with van der Waals surface area (Å²) in [6.07, 6.45) is 4.32. The van der Waals surface area contributed by atoms with E-state index in [4.69, 9.17) is 0 Å². The molecule has 2 amide bonds. The van der Waals surface area contributed by atoms with Gasteiger partial charge in [0.15, 0.2) is 0 Å². The summed E-state index contributed by atoms with van der Waals surface area (Å²) in [6.45, 7) is 2.03. The number of nitrogens with one attached hydrogen (secondary N) is 1. The standard InChI is InChI=1S/C26H26N2O2S/c1-17-7-11-21(12-8-17)28-24(29)14-13-22(25(28)23-6-3-15-31-23)26(30)27-20-10-9-18-4-2-5-19(18)16-20/h3,6-12,15-16,22,25H,2,4-5,13-14H2,1H3,(H,27,30)/t22-,25-/m0/s1. The maximum absolute atomic E-state index is 13.5. The third-order valence-corrected chi connectivity index (χ3v) is 7.39. The highest BCUT2D eigenvalue weighted by Crippen LogP contribution is 2.42. The molecule has 3 aromatic rings. The average molecular weight is 431 g/mol. The zero-order valence-corrected chi connectivity index (χ0v) is 18.5. The molecule has 1 aromatic heterocycles. The second-order valence-corrected chi connectivity index (χ2v) is 9.51. The van der Waals surface area contributed by atoms with E-state index in [-0.39, 0.29) is 23.8 Å². The molecule has 1 fully saturated rings. The van der Waals surface area contributed by atoms with Gasteiger partial charge in [-0.1, -0.05) is 29.8 Å². The lowest BCUT2D eigenvalue weighted by molar-refractivity contribution is -0.125. The first kappa shape index (κ1) is 20.0. The minimum absolute atomic E-state index is 0.0130. The Morgan fingerprint density at radius 2 is 1.84 bits per heavy atom. The minimum Gasteiger partial charge on any atom is -0.326 e. The molecule has 0 bridgehead atoms. The molecule has 0 spiro atoms. The molecule has 1 saturated heterocycles. The molecule has 2 heterocycles. The van der Waals surface area contributed by atoms with E-state index < -0.39 is 0 Å². The molecule has 0 saturated carbocycles. The Labute approximate surface area is 186 Å². The van der Waals surface area contributed by atoms with Crippen molar-refractivity contribution in [2.24, 2.45) is 5.92 Å².